The topological polar surface area (TPSA) is 55.1 Å². The van der Waals surface area contributed by atoms with Gasteiger partial charge >= 0.3 is 5.97 Å². The molecule has 0 saturated heterocycles. The second kappa shape index (κ2) is 5.72. The van der Waals surface area contributed by atoms with E-state index in [1.165, 1.54) is 18.5 Å². The highest BCUT2D eigenvalue weighted by molar-refractivity contribution is 5.76. The van der Waals surface area contributed by atoms with Gasteiger partial charge < -0.3 is 9.67 Å². The molecule has 110 valence electrons. The lowest BCUT2D eigenvalue weighted by molar-refractivity contribution is -0.139. The van der Waals surface area contributed by atoms with Crippen LogP contribution in [0.25, 0.3) is 0 Å². The molecule has 1 atom stereocenters. The Morgan fingerprint density at radius 3 is 2.71 bits per heavy atom. The molecule has 4 nitrogen and oxygen atoms in total. The lowest BCUT2D eigenvalue weighted by Gasteiger charge is -2.19. The Morgan fingerprint density at radius 2 is 2.00 bits per heavy atom. The molecule has 21 heavy (non-hydrogen) atoms. The highest BCUT2D eigenvalue weighted by atomic mass is 16.4. The Labute approximate surface area is 124 Å². The van der Waals surface area contributed by atoms with E-state index >= 15 is 0 Å². The second-order valence-electron chi connectivity index (χ2n) is 5.67. The van der Waals surface area contributed by atoms with Crippen LogP contribution in [0.15, 0.2) is 30.3 Å². The van der Waals surface area contributed by atoms with Crippen LogP contribution in [-0.4, -0.2) is 20.6 Å². The minimum absolute atomic E-state index is 0.466. The van der Waals surface area contributed by atoms with Crippen molar-refractivity contribution >= 4 is 5.97 Å². The molecule has 2 aromatic rings. The van der Waals surface area contributed by atoms with E-state index < -0.39 is 11.9 Å². The van der Waals surface area contributed by atoms with E-state index in [1.54, 1.807) is 0 Å². The lowest BCUT2D eigenvalue weighted by Crippen LogP contribution is -2.21. The minimum Gasteiger partial charge on any atom is -0.481 e. The van der Waals surface area contributed by atoms with Gasteiger partial charge in [-0.2, -0.15) is 0 Å². The minimum atomic E-state index is -0.779. The molecule has 3 rings (SSSR count). The Kier molecular flexibility index (Phi) is 3.78. The largest absolute Gasteiger partial charge is 0.481 e. The molecule has 0 bridgehead atoms. The van der Waals surface area contributed by atoms with Gasteiger partial charge in [-0.1, -0.05) is 30.3 Å². The van der Waals surface area contributed by atoms with Gasteiger partial charge in [0.1, 0.15) is 5.82 Å². The summed E-state index contributed by atoms with van der Waals surface area (Å²) in [7, 11) is 0. The normalized spacial score (nSPS) is 15.5. The third-order valence-electron chi connectivity index (χ3n) is 4.29. The van der Waals surface area contributed by atoms with E-state index in [0.29, 0.717) is 6.54 Å². The van der Waals surface area contributed by atoms with Crippen molar-refractivity contribution < 1.29 is 9.90 Å². The number of benzene rings is 1. The molecule has 0 fully saturated rings. The van der Waals surface area contributed by atoms with Gasteiger partial charge in [-0.05, 0) is 38.2 Å². The van der Waals surface area contributed by atoms with Crippen molar-refractivity contribution in [3.05, 3.63) is 53.1 Å². The predicted molar refractivity (Wildman–Crippen MR) is 80.4 cm³/mol. The fourth-order valence-corrected chi connectivity index (χ4v) is 3.17. The van der Waals surface area contributed by atoms with E-state index in [0.717, 1.165) is 29.9 Å². The number of hydrogen-bond donors (Lipinski definition) is 1. The summed E-state index contributed by atoms with van der Waals surface area (Å²) in [5.74, 6) is -0.368. The number of fused-ring (bicyclic) bond motifs is 1. The van der Waals surface area contributed by atoms with Crippen LogP contribution in [0.1, 0.15) is 41.5 Å². The number of carboxylic acid groups (broad SMARTS) is 1. The molecular weight excluding hydrogens is 264 g/mol. The van der Waals surface area contributed by atoms with Crippen molar-refractivity contribution in [2.24, 2.45) is 0 Å². The van der Waals surface area contributed by atoms with Gasteiger partial charge in [0.25, 0.3) is 0 Å². The Morgan fingerprint density at radius 1 is 1.29 bits per heavy atom. The average Bonchev–Trinajstić information content (AvgIpc) is 2.81. The number of carboxylic acids is 1. The monoisotopic (exact) mass is 284 g/mol. The summed E-state index contributed by atoms with van der Waals surface area (Å²) < 4.78 is 2.11. The molecule has 1 aliphatic carbocycles. The van der Waals surface area contributed by atoms with Crippen LogP contribution in [0.5, 0.6) is 0 Å². The molecule has 0 radical (unpaired) electrons. The highest BCUT2D eigenvalue weighted by Gasteiger charge is 2.25. The molecule has 0 amide bonds. The maximum absolute atomic E-state index is 11.7. The first-order valence-corrected chi connectivity index (χ1v) is 7.49. The summed E-state index contributed by atoms with van der Waals surface area (Å²) in [6.07, 6.45) is 4.38. The number of aryl methyl sites for hydroxylation is 2. The van der Waals surface area contributed by atoms with Crippen LogP contribution >= 0.6 is 0 Å². The molecule has 1 aromatic heterocycles. The number of rotatable bonds is 4. The van der Waals surface area contributed by atoms with Crippen molar-refractivity contribution in [1.82, 2.24) is 9.55 Å². The zero-order valence-corrected chi connectivity index (χ0v) is 12.2. The van der Waals surface area contributed by atoms with Gasteiger partial charge in [0, 0.05) is 12.2 Å². The molecule has 0 aliphatic heterocycles. The number of aromatic nitrogens is 2. The number of aliphatic carboxylic acids is 1. The summed E-state index contributed by atoms with van der Waals surface area (Å²) in [6.45, 7) is 2.44. The Bertz CT molecular complexity index is 646. The van der Waals surface area contributed by atoms with Crippen molar-refractivity contribution in [2.45, 2.75) is 45.1 Å². The van der Waals surface area contributed by atoms with E-state index in [2.05, 4.69) is 9.55 Å². The molecular formula is C17H20N2O2. The maximum Gasteiger partial charge on any atom is 0.312 e. The van der Waals surface area contributed by atoms with E-state index in [1.807, 2.05) is 37.3 Å². The van der Waals surface area contributed by atoms with Crippen LogP contribution in [0.2, 0.25) is 0 Å². The molecule has 1 unspecified atom stereocenters. The summed E-state index contributed by atoms with van der Waals surface area (Å²) in [5, 5.41) is 9.59. The summed E-state index contributed by atoms with van der Waals surface area (Å²) in [6, 6.07) is 9.46. The van der Waals surface area contributed by atoms with Crippen LogP contribution in [0, 0.1) is 6.92 Å². The van der Waals surface area contributed by atoms with Crippen molar-refractivity contribution in [2.75, 3.05) is 0 Å². The summed E-state index contributed by atoms with van der Waals surface area (Å²) in [4.78, 5) is 16.3. The first kappa shape index (κ1) is 13.9. The maximum atomic E-state index is 11.7. The van der Waals surface area contributed by atoms with Gasteiger partial charge in [-0.15, -0.1) is 0 Å². The summed E-state index contributed by atoms with van der Waals surface area (Å²) in [5.41, 5.74) is 3.25. The van der Waals surface area contributed by atoms with E-state index in [4.69, 9.17) is 0 Å². The van der Waals surface area contributed by atoms with Gasteiger partial charge in [-0.3, -0.25) is 4.79 Å². The number of nitrogens with zero attached hydrogens (tertiary/aromatic N) is 2. The molecule has 1 aromatic carbocycles. The predicted octanol–water partition coefficient (Wildman–Crippen LogP) is 2.94. The van der Waals surface area contributed by atoms with Crippen LogP contribution in [-0.2, 0) is 24.2 Å². The molecule has 1 N–H and O–H groups in total. The number of hydrogen-bond acceptors (Lipinski definition) is 2. The fraction of sp³-hybridized carbons (Fsp3) is 0.412. The van der Waals surface area contributed by atoms with Crippen molar-refractivity contribution in [3.8, 4) is 0 Å². The first-order chi connectivity index (χ1) is 10.2. The number of imidazole rings is 1. The zero-order chi connectivity index (χ0) is 14.8. The molecule has 0 spiro atoms. The Balaban J connectivity index is 1.94. The highest BCUT2D eigenvalue weighted by Crippen LogP contribution is 2.26. The van der Waals surface area contributed by atoms with Crippen molar-refractivity contribution in [3.63, 3.8) is 0 Å². The smallest absolute Gasteiger partial charge is 0.312 e. The van der Waals surface area contributed by atoms with Crippen molar-refractivity contribution in [1.29, 1.82) is 0 Å². The number of carbonyl (C=O) groups is 1. The summed E-state index contributed by atoms with van der Waals surface area (Å²) >= 11 is 0. The quantitative estimate of drug-likeness (QED) is 0.939. The Hall–Kier alpha value is -2.10. The molecule has 0 saturated carbocycles. The molecule has 1 heterocycles. The van der Waals surface area contributed by atoms with Crippen LogP contribution < -0.4 is 0 Å². The third-order valence-corrected chi connectivity index (χ3v) is 4.29. The second-order valence-corrected chi connectivity index (χ2v) is 5.67. The molecule has 1 aliphatic rings. The van der Waals surface area contributed by atoms with Crippen LogP contribution in [0.4, 0.5) is 0 Å². The van der Waals surface area contributed by atoms with Gasteiger partial charge in [0.05, 0.1) is 11.6 Å². The SMILES string of the molecule is Cc1nc2c(n1CC(C(=O)O)c1ccccc1)CCCC2. The van der Waals surface area contributed by atoms with Crippen LogP contribution in [0.3, 0.4) is 0 Å². The fourth-order valence-electron chi connectivity index (χ4n) is 3.17. The molecule has 4 heteroatoms. The van der Waals surface area contributed by atoms with E-state index in [-0.39, 0.29) is 0 Å². The average molecular weight is 284 g/mol. The standard InChI is InChI=1S/C17H20N2O2/c1-12-18-15-9-5-6-10-16(15)19(12)11-14(17(20)21)13-7-3-2-4-8-13/h2-4,7-8,14H,5-6,9-11H2,1H3,(H,20,21). The van der Waals surface area contributed by atoms with Gasteiger partial charge in [0.2, 0.25) is 0 Å². The third kappa shape index (κ3) is 2.71. The van der Waals surface area contributed by atoms with E-state index in [9.17, 15) is 9.90 Å². The first-order valence-electron chi connectivity index (χ1n) is 7.49. The zero-order valence-electron chi connectivity index (χ0n) is 12.2. The van der Waals surface area contributed by atoms with Gasteiger partial charge in [-0.25, -0.2) is 4.98 Å². The lowest BCUT2D eigenvalue weighted by atomic mass is 9.97. The van der Waals surface area contributed by atoms with Gasteiger partial charge in [0.15, 0.2) is 0 Å².